The summed E-state index contributed by atoms with van der Waals surface area (Å²) in [5, 5.41) is 8.45. The van der Waals surface area contributed by atoms with Gasteiger partial charge in [0, 0.05) is 33.2 Å². The lowest BCUT2D eigenvalue weighted by molar-refractivity contribution is -0.119. The predicted molar refractivity (Wildman–Crippen MR) is 55.7 cm³/mol. The van der Waals surface area contributed by atoms with Gasteiger partial charge in [0.05, 0.1) is 18.7 Å². The van der Waals surface area contributed by atoms with Gasteiger partial charge in [-0.15, -0.1) is 0 Å². The number of nitriles is 1. The van der Waals surface area contributed by atoms with Crippen molar-refractivity contribution in [2.45, 2.75) is 12.5 Å². The first-order valence-electron chi connectivity index (χ1n) is 4.75. The minimum atomic E-state index is -0.694. The van der Waals surface area contributed by atoms with Crippen molar-refractivity contribution in [3.05, 3.63) is 0 Å². The Labute approximate surface area is 89.8 Å². The second-order valence-corrected chi connectivity index (χ2v) is 3.21. The first-order valence-corrected chi connectivity index (χ1v) is 4.75. The predicted octanol–water partition coefficient (Wildman–Crippen LogP) is -1.34. The highest BCUT2D eigenvalue weighted by molar-refractivity contribution is 5.79. The van der Waals surface area contributed by atoms with Crippen LogP contribution in [0.2, 0.25) is 0 Å². The molecule has 4 N–H and O–H groups in total. The molecule has 0 saturated carbocycles. The molecule has 0 bridgehead atoms. The third-order valence-corrected chi connectivity index (χ3v) is 1.97. The van der Waals surface area contributed by atoms with Gasteiger partial charge in [-0.25, -0.2) is 0 Å². The molecule has 0 aromatic heterocycles. The first kappa shape index (κ1) is 13.8. The maximum absolute atomic E-state index is 10.8. The minimum Gasteiger partial charge on any atom is -0.383 e. The molecule has 0 heterocycles. The van der Waals surface area contributed by atoms with Gasteiger partial charge in [0.2, 0.25) is 5.91 Å². The summed E-state index contributed by atoms with van der Waals surface area (Å²) in [5.41, 5.74) is 10.6. The largest absolute Gasteiger partial charge is 0.383 e. The van der Waals surface area contributed by atoms with Crippen molar-refractivity contribution in [2.75, 3.05) is 33.4 Å². The molecule has 1 atom stereocenters. The van der Waals surface area contributed by atoms with E-state index < -0.39 is 11.9 Å². The molecule has 0 aliphatic rings. The highest BCUT2D eigenvalue weighted by atomic mass is 16.5. The number of carbonyl (C=O) groups is 1. The molecule has 86 valence electrons. The number of carbonyl (C=O) groups excluding carboxylic acids is 1. The number of hydrogen-bond donors (Lipinski definition) is 2. The quantitative estimate of drug-likeness (QED) is 0.520. The zero-order valence-corrected chi connectivity index (χ0v) is 8.98. The molecule has 0 aromatic rings. The molecule has 6 nitrogen and oxygen atoms in total. The van der Waals surface area contributed by atoms with E-state index >= 15 is 0 Å². The van der Waals surface area contributed by atoms with Crippen molar-refractivity contribution in [3.8, 4) is 6.07 Å². The van der Waals surface area contributed by atoms with Crippen molar-refractivity contribution in [1.82, 2.24) is 4.90 Å². The smallest absolute Gasteiger partial charge is 0.235 e. The molecule has 6 heteroatoms. The van der Waals surface area contributed by atoms with Crippen LogP contribution in [0.3, 0.4) is 0 Å². The van der Waals surface area contributed by atoms with Crippen molar-refractivity contribution in [2.24, 2.45) is 11.5 Å². The SMILES string of the molecule is COCCN(CCC#N)CC(N)C(N)=O. The minimum absolute atomic E-state index is 0.361. The van der Waals surface area contributed by atoms with Gasteiger partial charge in [0.1, 0.15) is 0 Å². The average molecular weight is 214 g/mol. The van der Waals surface area contributed by atoms with Crippen molar-refractivity contribution < 1.29 is 9.53 Å². The summed E-state index contributed by atoms with van der Waals surface area (Å²) < 4.78 is 4.91. The summed E-state index contributed by atoms with van der Waals surface area (Å²) >= 11 is 0. The number of methoxy groups -OCH3 is 1. The van der Waals surface area contributed by atoms with E-state index in [1.165, 1.54) is 0 Å². The van der Waals surface area contributed by atoms with Crippen LogP contribution in [0.1, 0.15) is 6.42 Å². The summed E-state index contributed by atoms with van der Waals surface area (Å²) in [4.78, 5) is 12.6. The lowest BCUT2D eigenvalue weighted by Crippen LogP contribution is -2.47. The van der Waals surface area contributed by atoms with Crippen LogP contribution >= 0.6 is 0 Å². The van der Waals surface area contributed by atoms with Gasteiger partial charge in [-0.3, -0.25) is 9.69 Å². The number of hydrogen-bond acceptors (Lipinski definition) is 5. The van der Waals surface area contributed by atoms with Crippen LogP contribution in [0, 0.1) is 11.3 Å². The van der Waals surface area contributed by atoms with Crippen molar-refractivity contribution >= 4 is 5.91 Å². The van der Waals surface area contributed by atoms with Crippen LogP contribution in [-0.2, 0) is 9.53 Å². The molecule has 0 radical (unpaired) electrons. The van der Waals surface area contributed by atoms with E-state index in [9.17, 15) is 4.79 Å². The van der Waals surface area contributed by atoms with Gasteiger partial charge in [-0.05, 0) is 0 Å². The lowest BCUT2D eigenvalue weighted by Gasteiger charge is -2.22. The Balaban J connectivity index is 3.99. The highest BCUT2D eigenvalue weighted by Crippen LogP contribution is 1.93. The fourth-order valence-corrected chi connectivity index (χ4v) is 1.09. The second-order valence-electron chi connectivity index (χ2n) is 3.21. The summed E-state index contributed by atoms with van der Waals surface area (Å²) in [7, 11) is 1.59. The molecule has 0 aliphatic carbocycles. The molecular formula is C9H18N4O2. The van der Waals surface area contributed by atoms with Crippen molar-refractivity contribution in [3.63, 3.8) is 0 Å². The molecular weight excluding hydrogens is 196 g/mol. The van der Waals surface area contributed by atoms with E-state index in [1.807, 2.05) is 11.0 Å². The number of nitrogens with zero attached hydrogens (tertiary/aromatic N) is 2. The maximum Gasteiger partial charge on any atom is 0.235 e. The van der Waals surface area contributed by atoms with E-state index in [-0.39, 0.29) is 0 Å². The Hall–Kier alpha value is -1.16. The molecule has 15 heavy (non-hydrogen) atoms. The normalized spacial score (nSPS) is 12.4. The van der Waals surface area contributed by atoms with E-state index in [2.05, 4.69) is 0 Å². The molecule has 0 saturated heterocycles. The molecule has 0 aliphatic heterocycles. The third kappa shape index (κ3) is 6.85. The van der Waals surface area contributed by atoms with Crippen LogP contribution in [0.15, 0.2) is 0 Å². The average Bonchev–Trinajstić information content (AvgIpc) is 2.21. The zero-order chi connectivity index (χ0) is 11.7. The number of rotatable bonds is 8. The number of ether oxygens (including phenoxy) is 1. The molecule has 0 aromatic carbocycles. The number of primary amides is 1. The van der Waals surface area contributed by atoms with Crippen LogP contribution in [0.25, 0.3) is 0 Å². The van der Waals surface area contributed by atoms with Gasteiger partial charge in [0.25, 0.3) is 0 Å². The van der Waals surface area contributed by atoms with E-state index in [0.29, 0.717) is 32.7 Å². The van der Waals surface area contributed by atoms with Crippen LogP contribution < -0.4 is 11.5 Å². The molecule has 0 rings (SSSR count). The molecule has 1 unspecified atom stereocenters. The Morgan fingerprint density at radius 1 is 1.60 bits per heavy atom. The fourth-order valence-electron chi connectivity index (χ4n) is 1.09. The van der Waals surface area contributed by atoms with Crippen molar-refractivity contribution in [1.29, 1.82) is 5.26 Å². The van der Waals surface area contributed by atoms with Crippen LogP contribution in [0.5, 0.6) is 0 Å². The van der Waals surface area contributed by atoms with E-state index in [0.717, 1.165) is 0 Å². The van der Waals surface area contributed by atoms with Gasteiger partial charge < -0.3 is 16.2 Å². The topological polar surface area (TPSA) is 105 Å². The van der Waals surface area contributed by atoms with Gasteiger partial charge in [-0.1, -0.05) is 0 Å². The Bertz CT molecular complexity index is 227. The third-order valence-electron chi connectivity index (χ3n) is 1.97. The van der Waals surface area contributed by atoms with E-state index in [4.69, 9.17) is 21.5 Å². The fraction of sp³-hybridized carbons (Fsp3) is 0.778. The highest BCUT2D eigenvalue weighted by Gasteiger charge is 2.14. The Morgan fingerprint density at radius 2 is 2.27 bits per heavy atom. The number of amides is 1. The monoisotopic (exact) mass is 214 g/mol. The van der Waals surface area contributed by atoms with Gasteiger partial charge >= 0.3 is 0 Å². The second kappa shape index (κ2) is 8.17. The van der Waals surface area contributed by atoms with Crippen LogP contribution in [-0.4, -0.2) is 50.2 Å². The Kier molecular flexibility index (Phi) is 7.54. The van der Waals surface area contributed by atoms with Crippen LogP contribution in [0.4, 0.5) is 0 Å². The lowest BCUT2D eigenvalue weighted by atomic mass is 10.2. The summed E-state index contributed by atoms with van der Waals surface area (Å²) in [6.07, 6.45) is 0.398. The Morgan fingerprint density at radius 3 is 2.73 bits per heavy atom. The summed E-state index contributed by atoms with van der Waals surface area (Å²) in [6.45, 7) is 2.11. The standard InChI is InChI=1S/C9H18N4O2/c1-15-6-5-13(4-2-3-10)7-8(11)9(12)14/h8H,2,4-7,11H2,1H3,(H2,12,14). The molecule has 0 fully saturated rings. The summed E-state index contributed by atoms with van der Waals surface area (Å²) in [5.74, 6) is -0.533. The van der Waals surface area contributed by atoms with E-state index in [1.54, 1.807) is 7.11 Å². The number of nitrogens with two attached hydrogens (primary N) is 2. The van der Waals surface area contributed by atoms with Gasteiger partial charge in [-0.2, -0.15) is 5.26 Å². The van der Waals surface area contributed by atoms with Gasteiger partial charge in [0.15, 0.2) is 0 Å². The molecule has 0 spiro atoms. The molecule has 1 amide bonds. The summed E-state index contributed by atoms with van der Waals surface area (Å²) in [6, 6.07) is 1.34. The maximum atomic E-state index is 10.8. The zero-order valence-electron chi connectivity index (χ0n) is 8.98. The first-order chi connectivity index (χ1) is 7.11.